The maximum atomic E-state index is 12.7. The highest BCUT2D eigenvalue weighted by atomic mass is 35.5. The third-order valence-corrected chi connectivity index (χ3v) is 4.86. The van der Waals surface area contributed by atoms with Gasteiger partial charge in [0.05, 0.1) is 16.6 Å². The Morgan fingerprint density at radius 3 is 2.52 bits per heavy atom. The first-order valence-corrected chi connectivity index (χ1v) is 9.33. The number of benzene rings is 1. The Labute approximate surface area is 155 Å². The number of carbonyl (C=O) groups is 2. The molecular formula is C19H28ClN3O2. The molecule has 1 aliphatic heterocycles. The van der Waals surface area contributed by atoms with Crippen molar-refractivity contribution in [1.82, 2.24) is 15.1 Å². The predicted octanol–water partition coefficient (Wildman–Crippen LogP) is 2.65. The van der Waals surface area contributed by atoms with E-state index in [1.165, 1.54) is 0 Å². The molecule has 0 bridgehead atoms. The van der Waals surface area contributed by atoms with Crippen molar-refractivity contribution in [3.8, 4) is 0 Å². The average molecular weight is 366 g/mol. The smallest absolute Gasteiger partial charge is 0.255 e. The van der Waals surface area contributed by atoms with Crippen LogP contribution in [0.4, 0.5) is 0 Å². The van der Waals surface area contributed by atoms with Crippen LogP contribution in [0, 0.1) is 5.92 Å². The van der Waals surface area contributed by atoms with Crippen molar-refractivity contribution in [3.63, 3.8) is 0 Å². The Bertz CT molecular complexity index is 606. The predicted molar refractivity (Wildman–Crippen MR) is 101 cm³/mol. The first kappa shape index (κ1) is 19.7. The van der Waals surface area contributed by atoms with Crippen LogP contribution in [0.3, 0.4) is 0 Å². The molecule has 6 heteroatoms. The van der Waals surface area contributed by atoms with Gasteiger partial charge in [-0.05, 0) is 31.4 Å². The number of rotatable bonds is 5. The summed E-state index contributed by atoms with van der Waals surface area (Å²) in [4.78, 5) is 29.0. The quantitative estimate of drug-likeness (QED) is 0.872. The van der Waals surface area contributed by atoms with E-state index in [0.717, 1.165) is 13.0 Å². The minimum absolute atomic E-state index is 0.0376. The fourth-order valence-corrected chi connectivity index (χ4v) is 3.17. The molecule has 1 heterocycles. The Morgan fingerprint density at radius 2 is 1.84 bits per heavy atom. The summed E-state index contributed by atoms with van der Waals surface area (Å²) >= 11 is 6.15. The molecule has 1 saturated heterocycles. The molecule has 1 atom stereocenters. The van der Waals surface area contributed by atoms with Crippen LogP contribution in [0.15, 0.2) is 24.3 Å². The molecule has 0 spiro atoms. The number of hydrogen-bond acceptors (Lipinski definition) is 3. The lowest BCUT2D eigenvalue weighted by Crippen LogP contribution is -2.47. The molecule has 1 aromatic rings. The zero-order chi connectivity index (χ0) is 18.4. The maximum absolute atomic E-state index is 12.7. The van der Waals surface area contributed by atoms with E-state index in [9.17, 15) is 9.59 Å². The summed E-state index contributed by atoms with van der Waals surface area (Å²) in [7, 11) is 0. The third-order valence-electron chi connectivity index (χ3n) is 4.53. The van der Waals surface area contributed by atoms with E-state index in [0.29, 0.717) is 42.7 Å². The number of nitrogens with one attached hydrogen (secondary N) is 1. The van der Waals surface area contributed by atoms with E-state index in [-0.39, 0.29) is 17.9 Å². The first-order chi connectivity index (χ1) is 11.9. The van der Waals surface area contributed by atoms with E-state index in [2.05, 4.69) is 24.1 Å². The first-order valence-electron chi connectivity index (χ1n) is 8.95. The SMILES string of the molecule is CC(C)CNC(=O)C(C)N1CCCN(C(=O)c2ccccc2Cl)CC1. The zero-order valence-electron chi connectivity index (χ0n) is 15.3. The van der Waals surface area contributed by atoms with Gasteiger partial charge in [-0.3, -0.25) is 14.5 Å². The van der Waals surface area contributed by atoms with E-state index in [4.69, 9.17) is 11.6 Å². The van der Waals surface area contributed by atoms with E-state index in [1.807, 2.05) is 24.0 Å². The van der Waals surface area contributed by atoms with Crippen LogP contribution in [-0.2, 0) is 4.79 Å². The average Bonchev–Trinajstić information content (AvgIpc) is 2.85. The molecule has 1 N–H and O–H groups in total. The van der Waals surface area contributed by atoms with Gasteiger partial charge in [-0.25, -0.2) is 0 Å². The highest BCUT2D eigenvalue weighted by Crippen LogP contribution is 2.18. The molecular weight excluding hydrogens is 338 g/mol. The molecule has 1 fully saturated rings. The molecule has 2 rings (SSSR count). The lowest BCUT2D eigenvalue weighted by Gasteiger charge is -2.27. The molecule has 0 radical (unpaired) electrons. The zero-order valence-corrected chi connectivity index (χ0v) is 16.1. The van der Waals surface area contributed by atoms with Gasteiger partial charge in [0.25, 0.3) is 5.91 Å². The highest BCUT2D eigenvalue weighted by molar-refractivity contribution is 6.33. The Morgan fingerprint density at radius 1 is 1.12 bits per heavy atom. The monoisotopic (exact) mass is 365 g/mol. The molecule has 1 aromatic carbocycles. The van der Waals surface area contributed by atoms with Gasteiger partial charge in [0, 0.05) is 32.7 Å². The number of nitrogens with zero attached hydrogens (tertiary/aromatic N) is 2. The summed E-state index contributed by atoms with van der Waals surface area (Å²) in [6, 6.07) is 6.95. The van der Waals surface area contributed by atoms with Crippen LogP contribution >= 0.6 is 11.6 Å². The van der Waals surface area contributed by atoms with E-state index < -0.39 is 0 Å². The van der Waals surface area contributed by atoms with Crippen molar-refractivity contribution in [2.45, 2.75) is 33.2 Å². The van der Waals surface area contributed by atoms with Gasteiger partial charge in [0.1, 0.15) is 0 Å². The van der Waals surface area contributed by atoms with Gasteiger partial charge < -0.3 is 10.2 Å². The lowest BCUT2D eigenvalue weighted by atomic mass is 10.2. The van der Waals surface area contributed by atoms with Crippen molar-refractivity contribution < 1.29 is 9.59 Å². The number of halogens is 1. The minimum atomic E-state index is -0.186. The molecule has 0 aromatic heterocycles. The fraction of sp³-hybridized carbons (Fsp3) is 0.579. The Kier molecular flexibility index (Phi) is 7.26. The van der Waals surface area contributed by atoms with Crippen molar-refractivity contribution in [2.75, 3.05) is 32.7 Å². The second-order valence-electron chi connectivity index (χ2n) is 6.98. The second kappa shape index (κ2) is 9.20. The molecule has 138 valence electrons. The normalized spacial score (nSPS) is 17.2. The fourth-order valence-electron chi connectivity index (χ4n) is 2.95. The highest BCUT2D eigenvalue weighted by Gasteiger charge is 2.26. The van der Waals surface area contributed by atoms with E-state index in [1.54, 1.807) is 12.1 Å². The molecule has 0 aliphatic carbocycles. The van der Waals surface area contributed by atoms with Crippen LogP contribution in [0.2, 0.25) is 5.02 Å². The van der Waals surface area contributed by atoms with Crippen molar-refractivity contribution in [2.24, 2.45) is 5.92 Å². The Balaban J connectivity index is 1.94. The van der Waals surface area contributed by atoms with Gasteiger partial charge in [-0.15, -0.1) is 0 Å². The van der Waals surface area contributed by atoms with Gasteiger partial charge in [-0.1, -0.05) is 37.6 Å². The standard InChI is InChI=1S/C19H28ClN3O2/c1-14(2)13-21-18(24)15(3)22-9-6-10-23(12-11-22)19(25)16-7-4-5-8-17(16)20/h4-5,7-8,14-15H,6,9-13H2,1-3H3,(H,21,24). The summed E-state index contributed by atoms with van der Waals surface area (Å²) in [5.74, 6) is 0.452. The van der Waals surface area contributed by atoms with Crippen LogP contribution in [0.25, 0.3) is 0 Å². The summed E-state index contributed by atoms with van der Waals surface area (Å²) in [5, 5.41) is 3.47. The molecule has 2 amide bonds. The largest absolute Gasteiger partial charge is 0.354 e. The third kappa shape index (κ3) is 5.44. The van der Waals surface area contributed by atoms with Crippen LogP contribution in [-0.4, -0.2) is 60.4 Å². The number of carbonyl (C=O) groups excluding carboxylic acids is 2. The minimum Gasteiger partial charge on any atom is -0.354 e. The van der Waals surface area contributed by atoms with Crippen LogP contribution < -0.4 is 5.32 Å². The number of amides is 2. The van der Waals surface area contributed by atoms with Gasteiger partial charge >= 0.3 is 0 Å². The van der Waals surface area contributed by atoms with Crippen molar-refractivity contribution in [3.05, 3.63) is 34.9 Å². The summed E-state index contributed by atoms with van der Waals surface area (Å²) < 4.78 is 0. The second-order valence-corrected chi connectivity index (χ2v) is 7.38. The molecule has 5 nitrogen and oxygen atoms in total. The topological polar surface area (TPSA) is 52.7 Å². The lowest BCUT2D eigenvalue weighted by molar-refractivity contribution is -0.126. The van der Waals surface area contributed by atoms with Gasteiger partial charge in [-0.2, -0.15) is 0 Å². The van der Waals surface area contributed by atoms with Gasteiger partial charge in [0.2, 0.25) is 5.91 Å². The molecule has 1 aliphatic rings. The summed E-state index contributed by atoms with van der Waals surface area (Å²) in [6.07, 6.45) is 0.845. The molecule has 0 saturated carbocycles. The van der Waals surface area contributed by atoms with Crippen molar-refractivity contribution >= 4 is 23.4 Å². The molecule has 1 unspecified atom stereocenters. The Hall–Kier alpha value is -1.59. The van der Waals surface area contributed by atoms with Crippen molar-refractivity contribution in [1.29, 1.82) is 0 Å². The van der Waals surface area contributed by atoms with E-state index >= 15 is 0 Å². The summed E-state index contributed by atoms with van der Waals surface area (Å²) in [6.45, 7) is 9.56. The molecule has 25 heavy (non-hydrogen) atoms. The van der Waals surface area contributed by atoms with Crippen LogP contribution in [0.1, 0.15) is 37.6 Å². The number of hydrogen-bond donors (Lipinski definition) is 1. The van der Waals surface area contributed by atoms with Gasteiger partial charge in [0.15, 0.2) is 0 Å². The maximum Gasteiger partial charge on any atom is 0.255 e. The van der Waals surface area contributed by atoms with Crippen LogP contribution in [0.5, 0.6) is 0 Å². The summed E-state index contributed by atoms with van der Waals surface area (Å²) in [5.41, 5.74) is 0.542.